The molecule has 0 aromatic heterocycles. The van der Waals surface area contributed by atoms with Gasteiger partial charge in [0, 0.05) is 14.9 Å². The van der Waals surface area contributed by atoms with E-state index in [-0.39, 0.29) is 0 Å². The molecule has 110 valence electrons. The maximum absolute atomic E-state index is 12.5. The lowest BCUT2D eigenvalue weighted by Gasteiger charge is -2.10. The van der Waals surface area contributed by atoms with E-state index >= 15 is 0 Å². The number of rotatable bonds is 4. The number of carbonyl (C=O) groups is 1. The van der Waals surface area contributed by atoms with Crippen molar-refractivity contribution in [2.75, 3.05) is 5.32 Å². The van der Waals surface area contributed by atoms with Crippen LogP contribution in [0.5, 0.6) is 0 Å². The maximum Gasteiger partial charge on any atom is 0.288 e. The molecule has 2 nitrogen and oxygen atoms in total. The highest BCUT2D eigenvalue weighted by Gasteiger charge is 2.13. The SMILES string of the molecule is O=C(Nc1ccccc1SC(F)F)c1ccc(Br)c(Cl)c1. The summed E-state index contributed by atoms with van der Waals surface area (Å²) >= 11 is 9.55. The van der Waals surface area contributed by atoms with E-state index in [0.717, 1.165) is 0 Å². The van der Waals surface area contributed by atoms with Gasteiger partial charge in [-0.1, -0.05) is 35.5 Å². The fourth-order valence-electron chi connectivity index (χ4n) is 1.60. The minimum Gasteiger partial charge on any atom is -0.321 e. The summed E-state index contributed by atoms with van der Waals surface area (Å²) in [7, 11) is 0. The summed E-state index contributed by atoms with van der Waals surface area (Å²) in [6, 6.07) is 11.1. The van der Waals surface area contributed by atoms with E-state index in [9.17, 15) is 13.6 Å². The Morgan fingerprint density at radius 2 is 1.95 bits per heavy atom. The number of carbonyl (C=O) groups excluding carboxylic acids is 1. The van der Waals surface area contributed by atoms with Crippen molar-refractivity contribution in [3.8, 4) is 0 Å². The van der Waals surface area contributed by atoms with Gasteiger partial charge in [0.1, 0.15) is 0 Å². The molecule has 0 bridgehead atoms. The highest BCUT2D eigenvalue weighted by atomic mass is 79.9. The van der Waals surface area contributed by atoms with Crippen LogP contribution in [0.25, 0.3) is 0 Å². The average molecular weight is 393 g/mol. The van der Waals surface area contributed by atoms with Crippen LogP contribution in [-0.4, -0.2) is 11.7 Å². The van der Waals surface area contributed by atoms with Gasteiger partial charge in [-0.05, 0) is 46.3 Å². The van der Waals surface area contributed by atoms with Gasteiger partial charge in [-0.2, -0.15) is 8.78 Å². The van der Waals surface area contributed by atoms with Gasteiger partial charge in [0.05, 0.1) is 10.7 Å². The summed E-state index contributed by atoms with van der Waals surface area (Å²) in [5.41, 5.74) is 0.687. The zero-order valence-electron chi connectivity index (χ0n) is 10.4. The molecule has 0 spiro atoms. The lowest BCUT2D eigenvalue weighted by Crippen LogP contribution is -2.12. The summed E-state index contributed by atoms with van der Waals surface area (Å²) in [6.45, 7) is 0. The Labute approximate surface area is 138 Å². The van der Waals surface area contributed by atoms with Crippen LogP contribution in [0.1, 0.15) is 10.4 Å². The second-order valence-corrected chi connectivity index (χ2v) is 6.25. The van der Waals surface area contributed by atoms with Crippen LogP contribution < -0.4 is 5.32 Å². The molecule has 1 N–H and O–H groups in total. The van der Waals surface area contributed by atoms with Gasteiger partial charge >= 0.3 is 0 Å². The van der Waals surface area contributed by atoms with Crippen molar-refractivity contribution >= 4 is 50.9 Å². The normalized spacial score (nSPS) is 10.7. The molecular formula is C14H9BrClF2NOS. The molecule has 0 aliphatic heterocycles. The van der Waals surface area contributed by atoms with Gasteiger partial charge in [0.15, 0.2) is 0 Å². The van der Waals surface area contributed by atoms with Gasteiger partial charge in [0.25, 0.3) is 11.7 Å². The van der Waals surface area contributed by atoms with Gasteiger partial charge in [-0.25, -0.2) is 0 Å². The Hall–Kier alpha value is -1.11. The monoisotopic (exact) mass is 391 g/mol. The maximum atomic E-state index is 12.5. The predicted molar refractivity (Wildman–Crippen MR) is 85.4 cm³/mol. The number of hydrogen-bond acceptors (Lipinski definition) is 2. The number of amides is 1. The van der Waals surface area contributed by atoms with Crippen LogP contribution in [0.3, 0.4) is 0 Å². The third kappa shape index (κ3) is 4.43. The summed E-state index contributed by atoms with van der Waals surface area (Å²) in [5.74, 6) is -2.96. The number of benzene rings is 2. The molecule has 0 aliphatic carbocycles. The van der Waals surface area contributed by atoms with Crippen LogP contribution in [0.15, 0.2) is 51.8 Å². The van der Waals surface area contributed by atoms with E-state index in [0.29, 0.717) is 37.4 Å². The molecule has 0 aliphatic rings. The van der Waals surface area contributed by atoms with E-state index in [2.05, 4.69) is 21.2 Å². The van der Waals surface area contributed by atoms with Gasteiger partial charge in [-0.15, -0.1) is 0 Å². The fraction of sp³-hybridized carbons (Fsp3) is 0.0714. The highest BCUT2D eigenvalue weighted by Crippen LogP contribution is 2.32. The molecule has 0 heterocycles. The zero-order valence-corrected chi connectivity index (χ0v) is 13.6. The Morgan fingerprint density at radius 3 is 2.62 bits per heavy atom. The number of para-hydroxylation sites is 1. The fourth-order valence-corrected chi connectivity index (χ4v) is 2.62. The van der Waals surface area contributed by atoms with Gasteiger partial charge < -0.3 is 5.32 Å². The van der Waals surface area contributed by atoms with E-state index in [1.54, 1.807) is 30.3 Å². The number of anilines is 1. The standard InChI is InChI=1S/C14H9BrClF2NOS/c15-9-6-5-8(7-10(9)16)13(20)19-11-3-1-2-4-12(11)21-14(17)18/h1-7,14H,(H,19,20). The summed E-state index contributed by atoms with van der Waals surface area (Å²) in [4.78, 5) is 12.4. The molecular weight excluding hydrogens is 384 g/mol. The number of nitrogens with one attached hydrogen (secondary N) is 1. The first-order chi connectivity index (χ1) is 9.97. The topological polar surface area (TPSA) is 29.1 Å². The number of thioether (sulfide) groups is 1. The Balaban J connectivity index is 2.21. The van der Waals surface area contributed by atoms with E-state index in [1.807, 2.05) is 0 Å². The van der Waals surface area contributed by atoms with E-state index < -0.39 is 11.7 Å². The first kappa shape index (κ1) is 16.3. The van der Waals surface area contributed by atoms with Crippen molar-refractivity contribution in [1.29, 1.82) is 0 Å². The van der Waals surface area contributed by atoms with Crippen LogP contribution in [0.4, 0.5) is 14.5 Å². The summed E-state index contributed by atoms with van der Waals surface area (Å²) in [6.07, 6.45) is 0. The van der Waals surface area contributed by atoms with Crippen molar-refractivity contribution in [2.45, 2.75) is 10.7 Å². The summed E-state index contributed by atoms with van der Waals surface area (Å²) < 4.78 is 25.6. The Bertz CT molecular complexity index is 669. The molecule has 21 heavy (non-hydrogen) atoms. The smallest absolute Gasteiger partial charge is 0.288 e. The zero-order chi connectivity index (χ0) is 15.4. The molecule has 2 aromatic carbocycles. The van der Waals surface area contributed by atoms with E-state index in [1.165, 1.54) is 12.1 Å². The molecule has 0 saturated carbocycles. The first-order valence-corrected chi connectivity index (χ1v) is 7.82. The van der Waals surface area contributed by atoms with Gasteiger partial charge in [0.2, 0.25) is 0 Å². The molecule has 2 aromatic rings. The van der Waals surface area contributed by atoms with Crippen LogP contribution >= 0.6 is 39.3 Å². The van der Waals surface area contributed by atoms with Crippen LogP contribution in [0.2, 0.25) is 5.02 Å². The second-order valence-electron chi connectivity index (χ2n) is 3.96. The molecule has 2 rings (SSSR count). The lowest BCUT2D eigenvalue weighted by molar-refractivity contribution is 0.102. The second kappa shape index (κ2) is 7.24. The highest BCUT2D eigenvalue weighted by molar-refractivity contribution is 9.10. The number of hydrogen-bond donors (Lipinski definition) is 1. The van der Waals surface area contributed by atoms with Crippen molar-refractivity contribution in [2.24, 2.45) is 0 Å². The Kier molecular flexibility index (Phi) is 5.61. The summed E-state index contributed by atoms with van der Waals surface area (Å²) in [5, 5.41) is 3.01. The minimum absolute atomic E-state index is 0.309. The van der Waals surface area contributed by atoms with Crippen molar-refractivity contribution in [3.05, 3.63) is 57.5 Å². The van der Waals surface area contributed by atoms with Crippen molar-refractivity contribution < 1.29 is 13.6 Å². The quantitative estimate of drug-likeness (QED) is 0.679. The largest absolute Gasteiger partial charge is 0.321 e. The van der Waals surface area contributed by atoms with Crippen molar-refractivity contribution in [1.82, 2.24) is 0 Å². The van der Waals surface area contributed by atoms with Crippen LogP contribution in [-0.2, 0) is 0 Å². The molecule has 0 atom stereocenters. The Morgan fingerprint density at radius 1 is 1.24 bits per heavy atom. The first-order valence-electron chi connectivity index (χ1n) is 5.77. The third-order valence-corrected chi connectivity index (χ3v) is 4.55. The lowest BCUT2D eigenvalue weighted by atomic mass is 10.2. The third-order valence-electron chi connectivity index (χ3n) is 2.53. The number of halogens is 4. The molecule has 1 amide bonds. The average Bonchev–Trinajstić information content (AvgIpc) is 2.43. The molecule has 0 saturated heterocycles. The van der Waals surface area contributed by atoms with E-state index in [4.69, 9.17) is 11.6 Å². The number of alkyl halides is 2. The predicted octanol–water partition coefficient (Wildman–Crippen LogP) is 5.67. The minimum atomic E-state index is -2.55. The molecule has 0 unspecified atom stereocenters. The molecule has 0 fully saturated rings. The molecule has 7 heteroatoms. The van der Waals surface area contributed by atoms with Crippen LogP contribution in [0, 0.1) is 0 Å². The van der Waals surface area contributed by atoms with Gasteiger partial charge in [-0.3, -0.25) is 4.79 Å². The molecule has 0 radical (unpaired) electrons. The van der Waals surface area contributed by atoms with Crippen molar-refractivity contribution in [3.63, 3.8) is 0 Å².